The lowest BCUT2D eigenvalue weighted by Gasteiger charge is -2.04. The summed E-state index contributed by atoms with van der Waals surface area (Å²) in [5.74, 6) is -0.531. The summed E-state index contributed by atoms with van der Waals surface area (Å²) < 4.78 is 5.38. The number of H-pyrrole nitrogens is 1. The lowest BCUT2D eigenvalue weighted by molar-refractivity contribution is -0.133. The molecular formula is C16H13ClN2O3S. The predicted octanol–water partition coefficient (Wildman–Crippen LogP) is 4.13. The van der Waals surface area contributed by atoms with Gasteiger partial charge in [0, 0.05) is 33.4 Å². The Labute approximate surface area is 141 Å². The second kappa shape index (κ2) is 6.14. The van der Waals surface area contributed by atoms with Gasteiger partial charge in [0.05, 0.1) is 0 Å². The third-order valence-electron chi connectivity index (χ3n) is 3.26. The van der Waals surface area contributed by atoms with Crippen molar-refractivity contribution < 1.29 is 14.3 Å². The van der Waals surface area contributed by atoms with Gasteiger partial charge in [-0.05, 0) is 25.1 Å². The zero-order chi connectivity index (χ0) is 16.6. The van der Waals surface area contributed by atoms with E-state index < -0.39 is 5.97 Å². The molecule has 0 unspecified atom stereocenters. The summed E-state index contributed by atoms with van der Waals surface area (Å²) in [7, 11) is 0. The number of ether oxygens (including phenoxy) is 1. The first-order valence-electron chi connectivity index (χ1n) is 6.98. The molecule has 0 fully saturated rings. The Hall–Kier alpha value is -2.18. The first-order chi connectivity index (χ1) is 11.0. The summed E-state index contributed by atoms with van der Waals surface area (Å²) in [4.78, 5) is 32.5. The maximum atomic E-state index is 12.7. The third-order valence-corrected chi connectivity index (χ3v) is 4.41. The molecule has 23 heavy (non-hydrogen) atoms. The summed E-state index contributed by atoms with van der Waals surface area (Å²) in [6, 6.07) is 5.11. The number of esters is 1. The van der Waals surface area contributed by atoms with Crippen LogP contribution >= 0.6 is 22.9 Å². The molecule has 0 aliphatic rings. The van der Waals surface area contributed by atoms with Gasteiger partial charge in [-0.1, -0.05) is 18.5 Å². The fourth-order valence-corrected chi connectivity index (χ4v) is 3.04. The van der Waals surface area contributed by atoms with E-state index in [9.17, 15) is 9.59 Å². The number of nitrogens with one attached hydrogen (secondary N) is 1. The summed E-state index contributed by atoms with van der Waals surface area (Å²) in [5.41, 5.74) is 0.878. The number of benzene rings is 1. The van der Waals surface area contributed by atoms with Crippen LogP contribution in [-0.4, -0.2) is 21.7 Å². The van der Waals surface area contributed by atoms with E-state index in [0.29, 0.717) is 20.9 Å². The maximum absolute atomic E-state index is 12.7. The number of aryl methyl sites for hydroxylation is 1. The van der Waals surface area contributed by atoms with Crippen LogP contribution in [-0.2, 0) is 4.79 Å². The standard InChI is InChI=1S/C16H13ClN2O3S/c1-3-12(20)22-15-10-6-9(17)4-5-11(10)19-13(15)14(21)16-18-7-8(2)23-16/h4-7,19H,3H2,1-2H3. The number of ketones is 1. The van der Waals surface area contributed by atoms with E-state index in [1.165, 1.54) is 11.3 Å². The van der Waals surface area contributed by atoms with Gasteiger partial charge in [-0.3, -0.25) is 9.59 Å². The summed E-state index contributed by atoms with van der Waals surface area (Å²) in [6.07, 6.45) is 1.84. The van der Waals surface area contributed by atoms with Crippen LogP contribution in [0, 0.1) is 6.92 Å². The van der Waals surface area contributed by atoms with Gasteiger partial charge in [-0.25, -0.2) is 4.98 Å². The van der Waals surface area contributed by atoms with Crippen LogP contribution in [0.3, 0.4) is 0 Å². The number of nitrogens with zero attached hydrogens (tertiary/aromatic N) is 1. The zero-order valence-corrected chi connectivity index (χ0v) is 14.0. The number of rotatable bonds is 4. The average molecular weight is 349 g/mol. The molecule has 0 aliphatic carbocycles. The van der Waals surface area contributed by atoms with E-state index in [1.807, 2.05) is 6.92 Å². The molecule has 0 spiro atoms. The van der Waals surface area contributed by atoms with E-state index in [0.717, 1.165) is 4.88 Å². The van der Waals surface area contributed by atoms with E-state index in [1.54, 1.807) is 31.3 Å². The van der Waals surface area contributed by atoms with Gasteiger partial charge in [-0.2, -0.15) is 0 Å². The Bertz CT molecular complexity index is 913. The molecule has 0 amide bonds. The predicted molar refractivity (Wildman–Crippen MR) is 89.5 cm³/mol. The normalized spacial score (nSPS) is 10.9. The van der Waals surface area contributed by atoms with E-state index in [4.69, 9.17) is 16.3 Å². The molecule has 2 heterocycles. The van der Waals surface area contributed by atoms with Crippen molar-refractivity contribution in [3.05, 3.63) is 45.0 Å². The average Bonchev–Trinajstić information content (AvgIpc) is 3.11. The highest BCUT2D eigenvalue weighted by Gasteiger charge is 2.24. The van der Waals surface area contributed by atoms with Crippen molar-refractivity contribution in [3.63, 3.8) is 0 Å². The van der Waals surface area contributed by atoms with E-state index in [2.05, 4.69) is 9.97 Å². The summed E-state index contributed by atoms with van der Waals surface area (Å²) >= 11 is 7.31. The van der Waals surface area contributed by atoms with E-state index >= 15 is 0 Å². The van der Waals surface area contributed by atoms with Crippen molar-refractivity contribution in [1.29, 1.82) is 0 Å². The molecule has 0 bridgehead atoms. The summed E-state index contributed by atoms with van der Waals surface area (Å²) in [5, 5.41) is 1.43. The molecule has 3 aromatic rings. The van der Waals surface area contributed by atoms with Gasteiger partial charge in [-0.15, -0.1) is 11.3 Å². The van der Waals surface area contributed by atoms with Crippen molar-refractivity contribution in [1.82, 2.24) is 9.97 Å². The third kappa shape index (κ3) is 3.00. The maximum Gasteiger partial charge on any atom is 0.310 e. The monoisotopic (exact) mass is 348 g/mol. The van der Waals surface area contributed by atoms with Crippen LogP contribution in [0.1, 0.15) is 33.7 Å². The van der Waals surface area contributed by atoms with E-state index in [-0.39, 0.29) is 23.6 Å². The number of hydrogen-bond donors (Lipinski definition) is 1. The molecule has 118 valence electrons. The summed E-state index contributed by atoms with van der Waals surface area (Å²) in [6.45, 7) is 3.56. The lowest BCUT2D eigenvalue weighted by atomic mass is 10.2. The van der Waals surface area contributed by atoms with Crippen molar-refractivity contribution in [2.24, 2.45) is 0 Å². The topological polar surface area (TPSA) is 72.1 Å². The molecule has 0 saturated carbocycles. The van der Waals surface area contributed by atoms with Gasteiger partial charge >= 0.3 is 5.97 Å². The molecular weight excluding hydrogens is 336 g/mol. The highest BCUT2D eigenvalue weighted by atomic mass is 35.5. The fraction of sp³-hybridized carbons (Fsp3) is 0.188. The van der Waals surface area contributed by atoms with Gasteiger partial charge in [0.25, 0.3) is 0 Å². The highest BCUT2D eigenvalue weighted by Crippen LogP contribution is 2.34. The quantitative estimate of drug-likeness (QED) is 0.568. The molecule has 5 nitrogen and oxygen atoms in total. The van der Waals surface area contributed by atoms with Crippen molar-refractivity contribution in [2.45, 2.75) is 20.3 Å². The number of halogens is 1. The second-order valence-electron chi connectivity index (χ2n) is 4.95. The molecule has 2 aromatic heterocycles. The fourth-order valence-electron chi connectivity index (χ4n) is 2.16. The Balaban J connectivity index is 2.16. The molecule has 0 atom stereocenters. The Morgan fingerprint density at radius 2 is 2.17 bits per heavy atom. The zero-order valence-electron chi connectivity index (χ0n) is 12.5. The van der Waals surface area contributed by atoms with Crippen LogP contribution in [0.25, 0.3) is 10.9 Å². The number of aromatic nitrogens is 2. The van der Waals surface area contributed by atoms with Crippen molar-refractivity contribution >= 4 is 45.6 Å². The number of aromatic amines is 1. The minimum atomic E-state index is -0.421. The molecule has 3 rings (SSSR count). The smallest absolute Gasteiger partial charge is 0.310 e. The first-order valence-corrected chi connectivity index (χ1v) is 8.18. The van der Waals surface area contributed by atoms with Crippen LogP contribution in [0.4, 0.5) is 0 Å². The number of thiazole rings is 1. The Kier molecular flexibility index (Phi) is 4.19. The van der Waals surface area contributed by atoms with Gasteiger partial charge in [0.1, 0.15) is 5.69 Å². The van der Waals surface area contributed by atoms with Gasteiger partial charge < -0.3 is 9.72 Å². The van der Waals surface area contributed by atoms with Gasteiger partial charge in [0.15, 0.2) is 10.8 Å². The van der Waals surface area contributed by atoms with Crippen LogP contribution in [0.15, 0.2) is 24.4 Å². The molecule has 1 N–H and O–H groups in total. The Morgan fingerprint density at radius 1 is 1.39 bits per heavy atom. The molecule has 1 aromatic carbocycles. The number of hydrogen-bond acceptors (Lipinski definition) is 5. The molecule has 7 heteroatoms. The Morgan fingerprint density at radius 3 is 2.83 bits per heavy atom. The lowest BCUT2D eigenvalue weighted by Crippen LogP contribution is -2.10. The first kappa shape index (κ1) is 15.7. The minimum Gasteiger partial charge on any atom is -0.423 e. The van der Waals surface area contributed by atoms with Crippen molar-refractivity contribution in [3.8, 4) is 5.75 Å². The highest BCUT2D eigenvalue weighted by molar-refractivity contribution is 7.13. The van der Waals surface area contributed by atoms with Crippen LogP contribution < -0.4 is 4.74 Å². The minimum absolute atomic E-state index is 0.201. The van der Waals surface area contributed by atoms with Crippen molar-refractivity contribution in [2.75, 3.05) is 0 Å². The molecule has 0 radical (unpaired) electrons. The largest absolute Gasteiger partial charge is 0.423 e. The molecule has 0 saturated heterocycles. The number of fused-ring (bicyclic) bond motifs is 1. The number of carbonyl (C=O) groups is 2. The number of carbonyl (C=O) groups excluding carboxylic acids is 2. The van der Waals surface area contributed by atoms with Crippen LogP contribution in [0.5, 0.6) is 5.75 Å². The van der Waals surface area contributed by atoms with Gasteiger partial charge in [0.2, 0.25) is 5.78 Å². The molecule has 0 aliphatic heterocycles. The second-order valence-corrected chi connectivity index (χ2v) is 6.62. The van der Waals surface area contributed by atoms with Crippen LogP contribution in [0.2, 0.25) is 5.02 Å². The SMILES string of the molecule is CCC(=O)Oc1c(C(=O)c2ncc(C)s2)[nH]c2ccc(Cl)cc12.